The summed E-state index contributed by atoms with van der Waals surface area (Å²) in [4.78, 5) is 21.5. The Bertz CT molecular complexity index is 816. The summed E-state index contributed by atoms with van der Waals surface area (Å²) in [6.45, 7) is 2.65. The number of hydrogen-bond acceptors (Lipinski definition) is 5. The maximum absolute atomic E-state index is 12.0. The zero-order valence-electron chi connectivity index (χ0n) is 13.8. The monoisotopic (exact) mass is 354 g/mol. The quantitative estimate of drug-likeness (QED) is 0.654. The highest BCUT2D eigenvalue weighted by molar-refractivity contribution is 7.09. The van der Waals surface area contributed by atoms with Crippen LogP contribution in [-0.4, -0.2) is 10.9 Å². The molecule has 1 N–H and O–H groups in total. The fraction of sp³-hybridized carbons (Fsp3) is 0.158. The fourth-order valence-electron chi connectivity index (χ4n) is 2.07. The number of hydrogen-bond donors (Lipinski definition) is 1. The third-order valence-electron chi connectivity index (χ3n) is 3.41. The van der Waals surface area contributed by atoms with Crippen molar-refractivity contribution in [3.05, 3.63) is 81.8 Å². The van der Waals surface area contributed by atoms with E-state index < -0.39 is 0 Å². The van der Waals surface area contributed by atoms with Gasteiger partial charge in [0, 0.05) is 5.38 Å². The van der Waals surface area contributed by atoms with Gasteiger partial charge in [-0.15, -0.1) is 11.3 Å². The van der Waals surface area contributed by atoms with Gasteiger partial charge < -0.3 is 4.74 Å². The molecule has 25 heavy (non-hydrogen) atoms. The van der Waals surface area contributed by atoms with Crippen LogP contribution in [0.5, 0.6) is 5.75 Å². The van der Waals surface area contributed by atoms with E-state index in [-0.39, 0.29) is 5.91 Å². The molecule has 1 amide bonds. The average molecular weight is 354 g/mol. The normalized spacial score (nSPS) is 10.4. The molecule has 0 unspecified atom stereocenters. The first kappa shape index (κ1) is 17.1. The minimum Gasteiger partial charge on any atom is -0.486 e. The highest BCUT2D eigenvalue weighted by atomic mass is 32.1. The van der Waals surface area contributed by atoms with Gasteiger partial charge in [0.1, 0.15) is 23.1 Å². The van der Waals surface area contributed by atoms with Crippen LogP contribution in [0.4, 0.5) is 0 Å². The average Bonchev–Trinajstić information content (AvgIpc) is 3.11. The lowest BCUT2D eigenvalue weighted by molar-refractivity contribution is 0.0230. The highest BCUT2D eigenvalue weighted by Gasteiger charge is 2.11. The summed E-state index contributed by atoms with van der Waals surface area (Å²) < 4.78 is 5.66. The van der Waals surface area contributed by atoms with Gasteiger partial charge in [-0.3, -0.25) is 9.63 Å². The molecule has 128 valence electrons. The number of nitrogens with zero attached hydrogens (tertiary/aromatic N) is 1. The predicted octanol–water partition coefficient (Wildman–Crippen LogP) is 3.89. The van der Waals surface area contributed by atoms with Crippen molar-refractivity contribution in [1.82, 2.24) is 10.5 Å². The van der Waals surface area contributed by atoms with E-state index >= 15 is 0 Å². The standard InChI is InChI=1S/C19H18N2O3S/c1-14-7-9-16(10-8-14)23-12-18-20-17(13-25-18)19(22)21-24-11-15-5-3-2-4-6-15/h2-10,13H,11-12H2,1H3,(H,21,22). The molecular weight excluding hydrogens is 336 g/mol. The molecule has 0 aliphatic rings. The number of aryl methyl sites for hydroxylation is 1. The molecule has 3 rings (SSSR count). The lowest BCUT2D eigenvalue weighted by Crippen LogP contribution is -2.23. The molecule has 2 aromatic carbocycles. The molecule has 0 fully saturated rings. The molecule has 0 bridgehead atoms. The van der Waals surface area contributed by atoms with Crippen LogP contribution in [0, 0.1) is 6.92 Å². The third kappa shape index (κ3) is 5.14. The summed E-state index contributed by atoms with van der Waals surface area (Å²) in [5.41, 5.74) is 4.88. The zero-order valence-corrected chi connectivity index (χ0v) is 14.6. The summed E-state index contributed by atoms with van der Waals surface area (Å²) in [6.07, 6.45) is 0. The van der Waals surface area contributed by atoms with Crippen molar-refractivity contribution in [3.63, 3.8) is 0 Å². The Hall–Kier alpha value is -2.70. The number of aromatic nitrogens is 1. The Morgan fingerprint density at radius 3 is 2.60 bits per heavy atom. The Morgan fingerprint density at radius 2 is 1.84 bits per heavy atom. The van der Waals surface area contributed by atoms with Gasteiger partial charge >= 0.3 is 0 Å². The van der Waals surface area contributed by atoms with Gasteiger partial charge in [0.05, 0.1) is 6.61 Å². The number of carbonyl (C=O) groups excluding carboxylic acids is 1. The van der Waals surface area contributed by atoms with E-state index in [0.717, 1.165) is 16.3 Å². The lowest BCUT2D eigenvalue weighted by Gasteiger charge is -2.05. The van der Waals surface area contributed by atoms with E-state index in [4.69, 9.17) is 9.57 Å². The highest BCUT2D eigenvalue weighted by Crippen LogP contribution is 2.16. The molecule has 0 aliphatic carbocycles. The molecule has 0 atom stereocenters. The Morgan fingerprint density at radius 1 is 1.08 bits per heavy atom. The number of thiazole rings is 1. The second kappa shape index (κ2) is 8.41. The molecule has 0 radical (unpaired) electrons. The zero-order chi connectivity index (χ0) is 17.5. The second-order valence-corrected chi connectivity index (χ2v) is 6.38. The number of ether oxygens (including phenoxy) is 1. The first-order valence-electron chi connectivity index (χ1n) is 7.80. The van der Waals surface area contributed by atoms with Crippen molar-refractivity contribution < 1.29 is 14.4 Å². The van der Waals surface area contributed by atoms with E-state index in [9.17, 15) is 4.79 Å². The van der Waals surface area contributed by atoms with Crippen molar-refractivity contribution in [2.75, 3.05) is 0 Å². The number of nitrogens with one attached hydrogen (secondary N) is 1. The molecule has 1 aromatic heterocycles. The van der Waals surface area contributed by atoms with Crippen molar-refractivity contribution >= 4 is 17.2 Å². The summed E-state index contributed by atoms with van der Waals surface area (Å²) in [5.74, 6) is 0.409. The number of benzene rings is 2. The molecule has 5 nitrogen and oxygen atoms in total. The number of carbonyl (C=O) groups is 1. The minimum atomic E-state index is -0.367. The number of hydroxylamine groups is 1. The smallest absolute Gasteiger partial charge is 0.294 e. The van der Waals surface area contributed by atoms with Crippen molar-refractivity contribution in [2.24, 2.45) is 0 Å². The minimum absolute atomic E-state index is 0.306. The number of amides is 1. The first-order valence-corrected chi connectivity index (χ1v) is 8.68. The SMILES string of the molecule is Cc1ccc(OCc2nc(C(=O)NOCc3ccccc3)cs2)cc1. The molecule has 1 heterocycles. The Labute approximate surface area is 150 Å². The largest absolute Gasteiger partial charge is 0.486 e. The van der Waals surface area contributed by atoms with Crippen molar-refractivity contribution in [3.8, 4) is 5.75 Å². The van der Waals surface area contributed by atoms with Crippen molar-refractivity contribution in [1.29, 1.82) is 0 Å². The van der Waals surface area contributed by atoms with E-state index in [1.54, 1.807) is 5.38 Å². The third-order valence-corrected chi connectivity index (χ3v) is 4.24. The van der Waals surface area contributed by atoms with E-state index in [1.807, 2.05) is 61.5 Å². The Balaban J connectivity index is 1.47. The summed E-state index contributed by atoms with van der Waals surface area (Å²) >= 11 is 1.38. The first-order chi connectivity index (χ1) is 12.2. The maximum atomic E-state index is 12.0. The van der Waals surface area contributed by atoms with Gasteiger partial charge in [-0.1, -0.05) is 48.0 Å². The fourth-order valence-corrected chi connectivity index (χ4v) is 2.76. The van der Waals surface area contributed by atoms with Gasteiger partial charge in [0.2, 0.25) is 0 Å². The van der Waals surface area contributed by atoms with E-state index in [1.165, 1.54) is 16.9 Å². The van der Waals surface area contributed by atoms with Gasteiger partial charge in [-0.2, -0.15) is 0 Å². The summed E-state index contributed by atoms with van der Waals surface area (Å²) in [7, 11) is 0. The second-order valence-electron chi connectivity index (χ2n) is 5.43. The van der Waals surface area contributed by atoms with Gasteiger partial charge in [-0.25, -0.2) is 10.5 Å². The molecule has 0 saturated heterocycles. The van der Waals surface area contributed by atoms with Crippen LogP contribution in [0.1, 0.15) is 26.6 Å². The molecule has 0 saturated carbocycles. The van der Waals surface area contributed by atoms with Crippen LogP contribution in [0.25, 0.3) is 0 Å². The van der Waals surface area contributed by atoms with Gasteiger partial charge in [-0.05, 0) is 24.6 Å². The topological polar surface area (TPSA) is 60.5 Å². The van der Waals surface area contributed by atoms with Gasteiger partial charge in [0.15, 0.2) is 0 Å². The van der Waals surface area contributed by atoms with Gasteiger partial charge in [0.25, 0.3) is 5.91 Å². The van der Waals surface area contributed by atoms with Crippen LogP contribution in [-0.2, 0) is 18.1 Å². The van der Waals surface area contributed by atoms with Crippen LogP contribution >= 0.6 is 11.3 Å². The summed E-state index contributed by atoms with van der Waals surface area (Å²) in [6, 6.07) is 17.4. The lowest BCUT2D eigenvalue weighted by atomic mass is 10.2. The van der Waals surface area contributed by atoms with Crippen LogP contribution in [0.3, 0.4) is 0 Å². The van der Waals surface area contributed by atoms with Crippen LogP contribution in [0.15, 0.2) is 60.0 Å². The molecule has 6 heteroatoms. The van der Waals surface area contributed by atoms with E-state index in [2.05, 4.69) is 10.5 Å². The molecule has 0 aliphatic heterocycles. The molecule has 0 spiro atoms. The van der Waals surface area contributed by atoms with Crippen LogP contribution < -0.4 is 10.2 Å². The van der Waals surface area contributed by atoms with Crippen LogP contribution in [0.2, 0.25) is 0 Å². The molecular formula is C19H18N2O3S. The predicted molar refractivity (Wildman–Crippen MR) is 96.3 cm³/mol. The van der Waals surface area contributed by atoms with E-state index in [0.29, 0.717) is 18.9 Å². The molecule has 3 aromatic rings. The Kier molecular flexibility index (Phi) is 5.77. The number of rotatable bonds is 7. The van der Waals surface area contributed by atoms with Crippen molar-refractivity contribution in [2.45, 2.75) is 20.1 Å². The summed E-state index contributed by atoms with van der Waals surface area (Å²) in [5, 5.41) is 2.42. The maximum Gasteiger partial charge on any atom is 0.294 e.